The van der Waals surface area contributed by atoms with Gasteiger partial charge in [0, 0.05) is 19.1 Å². The molecule has 1 aliphatic heterocycles. The van der Waals surface area contributed by atoms with Gasteiger partial charge in [0.25, 0.3) is 0 Å². The number of nitrogens with zero attached hydrogens (tertiary/aromatic N) is 1. The Hall–Kier alpha value is -0.810. The van der Waals surface area contributed by atoms with Crippen LogP contribution in [0, 0.1) is 0 Å². The average Bonchev–Trinajstić information content (AvgIpc) is 2.53. The van der Waals surface area contributed by atoms with Crippen molar-refractivity contribution in [2.75, 3.05) is 39.9 Å². The first-order chi connectivity index (χ1) is 10.1. The molecule has 0 saturated carbocycles. The molecule has 1 N–H and O–H groups in total. The minimum atomic E-state index is 0.116. The van der Waals surface area contributed by atoms with E-state index in [-0.39, 0.29) is 12.1 Å². The third-order valence-electron chi connectivity index (χ3n) is 3.98. The van der Waals surface area contributed by atoms with Crippen molar-refractivity contribution in [3.63, 3.8) is 0 Å². The van der Waals surface area contributed by atoms with E-state index in [2.05, 4.69) is 24.1 Å². The van der Waals surface area contributed by atoms with Gasteiger partial charge in [-0.15, -0.1) is 0 Å². The molecule has 118 valence electrons. The summed E-state index contributed by atoms with van der Waals surface area (Å²) in [6.45, 7) is 8.55. The molecule has 1 heterocycles. The fourth-order valence-corrected chi connectivity index (χ4v) is 2.66. The molecule has 2 atom stereocenters. The van der Waals surface area contributed by atoms with Crippen molar-refractivity contribution >= 4 is 11.6 Å². The Kier molecular flexibility index (Phi) is 6.30. The van der Waals surface area contributed by atoms with Gasteiger partial charge in [-0.1, -0.05) is 24.6 Å². The van der Waals surface area contributed by atoms with Crippen LogP contribution < -0.4 is 10.1 Å². The quantitative estimate of drug-likeness (QED) is 0.876. The van der Waals surface area contributed by atoms with E-state index >= 15 is 0 Å². The summed E-state index contributed by atoms with van der Waals surface area (Å²) in [7, 11) is 1.93. The highest BCUT2D eigenvalue weighted by molar-refractivity contribution is 6.32. The molecule has 2 unspecified atom stereocenters. The van der Waals surface area contributed by atoms with Crippen molar-refractivity contribution in [1.29, 1.82) is 0 Å². The van der Waals surface area contributed by atoms with Crippen molar-refractivity contribution in [3.05, 3.63) is 28.8 Å². The molecule has 2 rings (SSSR count). The number of halogens is 1. The van der Waals surface area contributed by atoms with Gasteiger partial charge in [0.1, 0.15) is 18.5 Å². The van der Waals surface area contributed by atoms with Crippen molar-refractivity contribution in [1.82, 2.24) is 10.2 Å². The number of hydrogen-bond donors (Lipinski definition) is 1. The van der Waals surface area contributed by atoms with E-state index in [9.17, 15) is 0 Å². The summed E-state index contributed by atoms with van der Waals surface area (Å²) in [6.07, 6.45) is 0.116. The molecule has 1 saturated heterocycles. The zero-order valence-electron chi connectivity index (χ0n) is 13.1. The Balaban J connectivity index is 1.91. The van der Waals surface area contributed by atoms with Gasteiger partial charge in [0.05, 0.1) is 11.6 Å². The van der Waals surface area contributed by atoms with Crippen LogP contribution >= 0.6 is 11.6 Å². The Morgan fingerprint density at radius 2 is 2.33 bits per heavy atom. The maximum Gasteiger partial charge on any atom is 0.138 e. The first-order valence-corrected chi connectivity index (χ1v) is 7.95. The lowest BCUT2D eigenvalue weighted by Crippen LogP contribution is -2.44. The molecular formula is C16H25ClN2O2. The maximum atomic E-state index is 6.30. The molecule has 0 amide bonds. The third-order valence-corrected chi connectivity index (χ3v) is 4.28. The predicted molar refractivity (Wildman–Crippen MR) is 86.3 cm³/mol. The van der Waals surface area contributed by atoms with Crippen LogP contribution in [0.5, 0.6) is 5.75 Å². The molecule has 0 aliphatic carbocycles. The highest BCUT2D eigenvalue weighted by Gasteiger charge is 2.20. The van der Waals surface area contributed by atoms with E-state index in [1.54, 1.807) is 0 Å². The van der Waals surface area contributed by atoms with Gasteiger partial charge < -0.3 is 14.8 Å². The summed E-state index contributed by atoms with van der Waals surface area (Å²) in [4.78, 5) is 2.37. The summed E-state index contributed by atoms with van der Waals surface area (Å²) in [5, 5.41) is 3.85. The summed E-state index contributed by atoms with van der Waals surface area (Å²) >= 11 is 6.30. The van der Waals surface area contributed by atoms with Gasteiger partial charge in [0.2, 0.25) is 0 Å². The highest BCUT2D eigenvalue weighted by atomic mass is 35.5. The van der Waals surface area contributed by atoms with Crippen LogP contribution in [0.1, 0.15) is 25.5 Å². The number of hydrogen-bond acceptors (Lipinski definition) is 4. The Morgan fingerprint density at radius 3 is 3.00 bits per heavy atom. The minimum absolute atomic E-state index is 0.116. The lowest BCUT2D eigenvalue weighted by Gasteiger charge is -2.31. The highest BCUT2D eigenvalue weighted by Crippen LogP contribution is 2.28. The average molecular weight is 313 g/mol. The van der Waals surface area contributed by atoms with E-state index in [4.69, 9.17) is 21.1 Å². The molecule has 0 bridgehead atoms. The maximum absolute atomic E-state index is 6.30. The molecular weight excluding hydrogens is 288 g/mol. The molecule has 0 spiro atoms. The van der Waals surface area contributed by atoms with Gasteiger partial charge in [0.15, 0.2) is 0 Å². The smallest absolute Gasteiger partial charge is 0.138 e. The minimum Gasteiger partial charge on any atom is -0.489 e. The normalized spacial score (nSPS) is 21.2. The molecule has 5 heteroatoms. The second-order valence-corrected chi connectivity index (χ2v) is 5.80. The SMILES string of the molecule is CCN1CCOC(COc2ccc(C(C)NC)cc2Cl)C1. The van der Waals surface area contributed by atoms with Crippen LogP contribution in [0.25, 0.3) is 0 Å². The van der Waals surface area contributed by atoms with Crippen LogP contribution in [0.15, 0.2) is 18.2 Å². The molecule has 1 fully saturated rings. The number of morpholine rings is 1. The second kappa shape index (κ2) is 7.99. The zero-order valence-corrected chi connectivity index (χ0v) is 13.8. The number of benzene rings is 1. The third kappa shape index (κ3) is 4.58. The Labute approximate surface area is 132 Å². The number of ether oxygens (including phenoxy) is 2. The molecule has 0 aromatic heterocycles. The molecule has 21 heavy (non-hydrogen) atoms. The summed E-state index contributed by atoms with van der Waals surface area (Å²) < 4.78 is 11.6. The summed E-state index contributed by atoms with van der Waals surface area (Å²) in [6, 6.07) is 6.21. The number of nitrogens with one attached hydrogen (secondary N) is 1. The lowest BCUT2D eigenvalue weighted by atomic mass is 10.1. The molecule has 0 radical (unpaired) electrons. The van der Waals surface area contributed by atoms with Crippen LogP contribution in [0.2, 0.25) is 5.02 Å². The van der Waals surface area contributed by atoms with Crippen LogP contribution in [0.4, 0.5) is 0 Å². The Morgan fingerprint density at radius 1 is 1.52 bits per heavy atom. The van der Waals surface area contributed by atoms with Crippen molar-refractivity contribution in [2.45, 2.75) is 26.0 Å². The molecule has 1 aromatic rings. The Bertz CT molecular complexity index is 456. The summed E-state index contributed by atoms with van der Waals surface area (Å²) in [5.41, 5.74) is 1.15. The molecule has 1 aromatic carbocycles. The first-order valence-electron chi connectivity index (χ1n) is 7.57. The van der Waals surface area contributed by atoms with Crippen LogP contribution in [-0.2, 0) is 4.74 Å². The second-order valence-electron chi connectivity index (χ2n) is 5.40. The van der Waals surface area contributed by atoms with E-state index in [1.807, 2.05) is 25.2 Å². The summed E-state index contributed by atoms with van der Waals surface area (Å²) in [5.74, 6) is 0.723. The molecule has 1 aliphatic rings. The van der Waals surface area contributed by atoms with Gasteiger partial charge in [-0.3, -0.25) is 4.90 Å². The first kappa shape index (κ1) is 16.6. The number of likely N-dealkylation sites (N-methyl/N-ethyl adjacent to an activating group) is 1. The van der Waals surface area contributed by atoms with E-state index in [0.717, 1.165) is 37.6 Å². The van der Waals surface area contributed by atoms with E-state index in [1.165, 1.54) is 0 Å². The van der Waals surface area contributed by atoms with Gasteiger partial charge in [-0.25, -0.2) is 0 Å². The topological polar surface area (TPSA) is 33.7 Å². The lowest BCUT2D eigenvalue weighted by molar-refractivity contribution is -0.0463. The fourth-order valence-electron chi connectivity index (χ4n) is 2.42. The van der Waals surface area contributed by atoms with E-state index < -0.39 is 0 Å². The fraction of sp³-hybridized carbons (Fsp3) is 0.625. The molecule has 4 nitrogen and oxygen atoms in total. The standard InChI is InChI=1S/C16H25ClN2O2/c1-4-19-7-8-20-14(10-19)11-21-16-6-5-13(9-15(16)17)12(2)18-3/h5-6,9,12,14,18H,4,7-8,10-11H2,1-3H3. The van der Waals surface area contributed by atoms with E-state index in [0.29, 0.717) is 11.6 Å². The van der Waals surface area contributed by atoms with Crippen molar-refractivity contribution in [3.8, 4) is 5.75 Å². The van der Waals surface area contributed by atoms with Crippen molar-refractivity contribution < 1.29 is 9.47 Å². The van der Waals surface area contributed by atoms with Gasteiger partial charge in [-0.2, -0.15) is 0 Å². The van der Waals surface area contributed by atoms with Crippen molar-refractivity contribution in [2.24, 2.45) is 0 Å². The number of rotatable bonds is 6. The van der Waals surface area contributed by atoms with Crippen LogP contribution in [-0.4, -0.2) is 50.9 Å². The monoisotopic (exact) mass is 312 g/mol. The van der Waals surface area contributed by atoms with Gasteiger partial charge in [-0.05, 0) is 38.2 Å². The largest absolute Gasteiger partial charge is 0.489 e. The van der Waals surface area contributed by atoms with Gasteiger partial charge >= 0.3 is 0 Å². The zero-order chi connectivity index (χ0) is 15.2. The van der Waals surface area contributed by atoms with Crippen LogP contribution in [0.3, 0.4) is 0 Å². The predicted octanol–water partition coefficient (Wildman–Crippen LogP) is 2.72.